The van der Waals surface area contributed by atoms with Crippen molar-refractivity contribution in [1.29, 1.82) is 0 Å². The van der Waals surface area contributed by atoms with Gasteiger partial charge in [-0.05, 0) is 17.9 Å². The smallest absolute Gasteiger partial charge is 0.274 e. The molecule has 1 aliphatic rings. The molecule has 0 saturated heterocycles. The van der Waals surface area contributed by atoms with Gasteiger partial charge in [0.05, 0.1) is 31.3 Å². The minimum atomic E-state index is -0.514. The Balaban J connectivity index is 1.46. The first kappa shape index (κ1) is 17.3. The number of imidazole rings is 1. The second-order valence-corrected chi connectivity index (χ2v) is 7.24. The molecule has 1 atom stereocenters. The maximum absolute atomic E-state index is 12.8. The molecular formula is C18H18N6O2S. The van der Waals surface area contributed by atoms with Crippen molar-refractivity contribution in [2.75, 3.05) is 13.1 Å². The Morgan fingerprint density at radius 3 is 2.96 bits per heavy atom. The molecule has 8 nitrogen and oxygen atoms in total. The van der Waals surface area contributed by atoms with E-state index in [4.69, 9.17) is 0 Å². The second-order valence-electron chi connectivity index (χ2n) is 6.20. The topological polar surface area (TPSA) is 93.0 Å². The van der Waals surface area contributed by atoms with Gasteiger partial charge in [-0.15, -0.1) is 11.3 Å². The first-order chi connectivity index (χ1) is 13.2. The number of rotatable bonds is 5. The van der Waals surface area contributed by atoms with Crippen molar-refractivity contribution >= 4 is 23.2 Å². The number of thiophene rings is 1. The van der Waals surface area contributed by atoms with E-state index < -0.39 is 6.04 Å². The largest absolute Gasteiger partial charge is 0.354 e. The van der Waals surface area contributed by atoms with E-state index in [-0.39, 0.29) is 24.1 Å². The molecule has 9 heteroatoms. The molecule has 0 saturated carbocycles. The average molecular weight is 382 g/mol. The average Bonchev–Trinajstić information content (AvgIpc) is 3.39. The van der Waals surface area contributed by atoms with Gasteiger partial charge in [0.2, 0.25) is 5.91 Å². The Morgan fingerprint density at radius 2 is 2.19 bits per heavy atom. The summed E-state index contributed by atoms with van der Waals surface area (Å²) in [5.74, 6) is -0.366. The fraction of sp³-hybridized carbons (Fsp3) is 0.278. The SMILES string of the molecule is O=C(NCCc1cccs1)[C@H]1CN(C(=O)c2cnccn2)Cc2cncn21. The molecule has 138 valence electrons. The Bertz CT molecular complexity index is 925. The van der Waals surface area contributed by atoms with Crippen LogP contribution < -0.4 is 5.32 Å². The number of carbonyl (C=O) groups is 2. The summed E-state index contributed by atoms with van der Waals surface area (Å²) in [4.78, 5) is 40.5. The van der Waals surface area contributed by atoms with Gasteiger partial charge in [0.25, 0.3) is 5.91 Å². The minimum absolute atomic E-state index is 0.123. The third-order valence-electron chi connectivity index (χ3n) is 4.45. The normalized spacial score (nSPS) is 16.0. The highest BCUT2D eigenvalue weighted by Gasteiger charge is 2.33. The summed E-state index contributed by atoms with van der Waals surface area (Å²) in [6.07, 6.45) is 8.55. The fourth-order valence-electron chi connectivity index (χ4n) is 3.11. The zero-order valence-corrected chi connectivity index (χ0v) is 15.3. The van der Waals surface area contributed by atoms with Gasteiger partial charge in [-0.3, -0.25) is 14.6 Å². The van der Waals surface area contributed by atoms with Gasteiger partial charge < -0.3 is 14.8 Å². The molecule has 2 amide bonds. The van der Waals surface area contributed by atoms with Crippen molar-refractivity contribution in [3.05, 3.63) is 64.9 Å². The van der Waals surface area contributed by atoms with Crippen LogP contribution in [0.25, 0.3) is 0 Å². The molecule has 0 spiro atoms. The molecular weight excluding hydrogens is 364 g/mol. The lowest BCUT2D eigenvalue weighted by Crippen LogP contribution is -2.47. The molecule has 3 aromatic heterocycles. The van der Waals surface area contributed by atoms with Gasteiger partial charge in [-0.1, -0.05) is 6.07 Å². The zero-order valence-electron chi connectivity index (χ0n) is 14.5. The minimum Gasteiger partial charge on any atom is -0.354 e. The van der Waals surface area contributed by atoms with Crippen LogP contribution in [0.3, 0.4) is 0 Å². The van der Waals surface area contributed by atoms with Crippen LogP contribution in [0.2, 0.25) is 0 Å². The molecule has 4 heterocycles. The van der Waals surface area contributed by atoms with Crippen LogP contribution >= 0.6 is 11.3 Å². The number of amides is 2. The number of fused-ring (bicyclic) bond motifs is 1. The predicted molar refractivity (Wildman–Crippen MR) is 99.1 cm³/mol. The highest BCUT2D eigenvalue weighted by atomic mass is 32.1. The molecule has 0 radical (unpaired) electrons. The lowest BCUT2D eigenvalue weighted by Gasteiger charge is -2.33. The molecule has 0 aliphatic carbocycles. The second kappa shape index (κ2) is 7.67. The summed E-state index contributed by atoms with van der Waals surface area (Å²) < 4.78 is 1.83. The first-order valence-corrected chi connectivity index (χ1v) is 9.46. The standard InChI is InChI=1S/C18H18N6O2S/c25-17(22-4-3-14-2-1-7-27-14)16-11-23(10-13-8-20-12-24(13)16)18(26)15-9-19-5-6-21-15/h1-2,5-9,12,16H,3-4,10-11H2,(H,22,25)/t16-/m1/s1. The molecule has 4 rings (SSSR count). The van der Waals surface area contributed by atoms with Gasteiger partial charge >= 0.3 is 0 Å². The summed E-state index contributed by atoms with van der Waals surface area (Å²) in [6.45, 7) is 1.20. The summed E-state index contributed by atoms with van der Waals surface area (Å²) in [5.41, 5.74) is 1.08. The van der Waals surface area contributed by atoms with Gasteiger partial charge in [-0.25, -0.2) is 9.97 Å². The van der Waals surface area contributed by atoms with Crippen LogP contribution in [0.1, 0.15) is 27.1 Å². The molecule has 3 aromatic rings. The predicted octanol–water partition coefficient (Wildman–Crippen LogP) is 1.29. The quantitative estimate of drug-likeness (QED) is 0.718. The molecule has 1 aliphatic heterocycles. The lowest BCUT2D eigenvalue weighted by atomic mass is 10.1. The number of nitrogens with one attached hydrogen (secondary N) is 1. The van der Waals surface area contributed by atoms with Gasteiger partial charge in [-0.2, -0.15) is 0 Å². The van der Waals surface area contributed by atoms with Crippen LogP contribution in [0, 0.1) is 0 Å². The number of hydrogen-bond acceptors (Lipinski definition) is 6. The number of carbonyl (C=O) groups excluding carboxylic acids is 2. The number of nitrogens with zero attached hydrogens (tertiary/aromatic N) is 5. The van der Waals surface area contributed by atoms with Gasteiger partial charge in [0.1, 0.15) is 11.7 Å². The van der Waals surface area contributed by atoms with Crippen molar-refractivity contribution in [3.8, 4) is 0 Å². The maximum atomic E-state index is 12.8. The van der Waals surface area contributed by atoms with Gasteiger partial charge in [0, 0.05) is 30.0 Å². The van der Waals surface area contributed by atoms with Gasteiger partial charge in [0.15, 0.2) is 0 Å². The Hall–Kier alpha value is -3.07. The molecule has 0 bridgehead atoms. The van der Waals surface area contributed by atoms with E-state index >= 15 is 0 Å². The molecule has 0 aromatic carbocycles. The highest BCUT2D eigenvalue weighted by Crippen LogP contribution is 2.22. The van der Waals surface area contributed by atoms with Crippen molar-refractivity contribution in [2.24, 2.45) is 0 Å². The summed E-state index contributed by atoms with van der Waals surface area (Å²) >= 11 is 1.67. The molecule has 0 fully saturated rings. The third kappa shape index (κ3) is 3.72. The van der Waals surface area contributed by atoms with Crippen LogP contribution in [-0.2, 0) is 17.8 Å². The van der Waals surface area contributed by atoms with E-state index in [2.05, 4.69) is 20.3 Å². The van der Waals surface area contributed by atoms with E-state index in [1.165, 1.54) is 23.5 Å². The molecule has 1 N–H and O–H groups in total. The Kier molecular flexibility index (Phi) is 4.93. The van der Waals surface area contributed by atoms with Crippen LogP contribution in [-0.4, -0.2) is 49.3 Å². The first-order valence-electron chi connectivity index (χ1n) is 8.58. The van der Waals surface area contributed by atoms with E-state index in [0.29, 0.717) is 13.1 Å². The molecule has 27 heavy (non-hydrogen) atoms. The van der Waals surface area contributed by atoms with Crippen LogP contribution in [0.15, 0.2) is 48.6 Å². The van der Waals surface area contributed by atoms with E-state index in [0.717, 1.165) is 12.1 Å². The van der Waals surface area contributed by atoms with Crippen molar-refractivity contribution in [2.45, 2.75) is 19.0 Å². The lowest BCUT2D eigenvalue weighted by molar-refractivity contribution is -0.125. The van der Waals surface area contributed by atoms with E-state index in [9.17, 15) is 9.59 Å². The monoisotopic (exact) mass is 382 g/mol. The zero-order chi connectivity index (χ0) is 18.6. The highest BCUT2D eigenvalue weighted by molar-refractivity contribution is 7.09. The molecule has 0 unspecified atom stereocenters. The van der Waals surface area contributed by atoms with E-state index in [1.807, 2.05) is 22.1 Å². The van der Waals surface area contributed by atoms with Crippen molar-refractivity contribution in [3.63, 3.8) is 0 Å². The number of hydrogen-bond donors (Lipinski definition) is 1. The van der Waals surface area contributed by atoms with E-state index in [1.54, 1.807) is 28.8 Å². The van der Waals surface area contributed by atoms with Crippen molar-refractivity contribution in [1.82, 2.24) is 29.7 Å². The Labute approximate surface area is 159 Å². The van der Waals surface area contributed by atoms with Crippen molar-refractivity contribution < 1.29 is 9.59 Å². The summed E-state index contributed by atoms with van der Waals surface area (Å²) in [7, 11) is 0. The maximum Gasteiger partial charge on any atom is 0.274 e. The number of aromatic nitrogens is 4. The summed E-state index contributed by atoms with van der Waals surface area (Å²) in [5, 5.41) is 4.99. The fourth-order valence-corrected chi connectivity index (χ4v) is 3.82. The Morgan fingerprint density at radius 1 is 1.26 bits per heavy atom. The van der Waals surface area contributed by atoms with Crippen LogP contribution in [0.5, 0.6) is 0 Å². The summed E-state index contributed by atoms with van der Waals surface area (Å²) in [6, 6.07) is 3.53. The third-order valence-corrected chi connectivity index (χ3v) is 5.39. The van der Waals surface area contributed by atoms with Crippen LogP contribution in [0.4, 0.5) is 0 Å².